The van der Waals surface area contributed by atoms with Crippen molar-refractivity contribution in [2.45, 2.75) is 19.8 Å². The number of fused-ring (bicyclic) bond motifs is 1. The van der Waals surface area contributed by atoms with Crippen LogP contribution in [-0.2, 0) is 0 Å². The number of benzene rings is 1. The molecule has 17 heavy (non-hydrogen) atoms. The third-order valence-corrected chi connectivity index (χ3v) is 2.70. The lowest BCUT2D eigenvalue weighted by molar-refractivity contribution is 0.307. The lowest BCUT2D eigenvalue weighted by Crippen LogP contribution is -2.10. The maximum atomic E-state index is 5.73. The Hall–Kier alpha value is -1.55. The monoisotopic (exact) mass is 249 g/mol. The summed E-state index contributed by atoms with van der Waals surface area (Å²) in [5, 5.41) is 0.923. The highest BCUT2D eigenvalue weighted by atomic mass is 32.1. The summed E-state index contributed by atoms with van der Waals surface area (Å²) in [6.07, 6.45) is 2.08. The van der Waals surface area contributed by atoms with Gasteiger partial charge in [-0.1, -0.05) is 37.7 Å². The molecule has 0 saturated heterocycles. The molecular weight excluding hydrogens is 234 g/mol. The van der Waals surface area contributed by atoms with E-state index in [1.54, 1.807) is 0 Å². The second kappa shape index (κ2) is 5.19. The average Bonchev–Trinajstić information content (AvgIpc) is 2.69. The average molecular weight is 249 g/mol. The van der Waals surface area contributed by atoms with Gasteiger partial charge in [-0.3, -0.25) is 0 Å². The zero-order valence-corrected chi connectivity index (χ0v) is 10.5. The van der Waals surface area contributed by atoms with Gasteiger partial charge in [0.15, 0.2) is 5.75 Å². The summed E-state index contributed by atoms with van der Waals surface area (Å²) in [6, 6.07) is 7.67. The van der Waals surface area contributed by atoms with Gasteiger partial charge in [0.2, 0.25) is 5.76 Å². The molecule has 1 aromatic heterocycles. The van der Waals surface area contributed by atoms with Gasteiger partial charge in [-0.05, 0) is 18.6 Å². The van der Waals surface area contributed by atoms with Crippen LogP contribution in [0.15, 0.2) is 28.7 Å². The fourth-order valence-corrected chi connectivity index (χ4v) is 1.78. The Labute approximate surface area is 106 Å². The lowest BCUT2D eigenvalue weighted by atomic mass is 10.2. The number of hydrogen-bond donors (Lipinski definition) is 1. The Morgan fingerprint density at radius 2 is 2.18 bits per heavy atom. The lowest BCUT2D eigenvalue weighted by Gasteiger charge is -2.04. The first-order valence-corrected chi connectivity index (χ1v) is 6.09. The van der Waals surface area contributed by atoms with E-state index in [4.69, 9.17) is 27.1 Å². The fourth-order valence-electron chi connectivity index (χ4n) is 1.65. The Morgan fingerprint density at radius 3 is 2.88 bits per heavy atom. The molecule has 2 rings (SSSR count). The van der Waals surface area contributed by atoms with Crippen molar-refractivity contribution in [1.82, 2.24) is 0 Å². The highest BCUT2D eigenvalue weighted by Gasteiger charge is 2.17. The van der Waals surface area contributed by atoms with Crippen LogP contribution in [0.5, 0.6) is 5.75 Å². The van der Waals surface area contributed by atoms with E-state index < -0.39 is 0 Å². The van der Waals surface area contributed by atoms with Crippen molar-refractivity contribution in [1.29, 1.82) is 0 Å². The Morgan fingerprint density at radius 1 is 1.41 bits per heavy atom. The van der Waals surface area contributed by atoms with Gasteiger partial charge >= 0.3 is 0 Å². The summed E-state index contributed by atoms with van der Waals surface area (Å²) in [5.41, 5.74) is 6.39. The van der Waals surface area contributed by atoms with Crippen LogP contribution in [0.1, 0.15) is 25.5 Å². The molecule has 90 valence electrons. The summed E-state index contributed by atoms with van der Waals surface area (Å²) >= 11 is 4.97. The Balaban J connectivity index is 2.41. The second-order valence-corrected chi connectivity index (χ2v) is 4.26. The predicted molar refractivity (Wildman–Crippen MR) is 72.5 cm³/mol. The van der Waals surface area contributed by atoms with Crippen molar-refractivity contribution in [2.75, 3.05) is 6.61 Å². The normalized spacial score (nSPS) is 10.6. The minimum atomic E-state index is 0.229. The maximum absolute atomic E-state index is 5.73. The molecule has 0 fully saturated rings. The highest BCUT2D eigenvalue weighted by molar-refractivity contribution is 7.80. The standard InChI is InChI=1S/C13H15NO2S/c1-2-3-8-15-11-9-6-4-5-7-10(9)16-12(11)13(14)17/h4-7H,2-3,8H2,1H3,(H2,14,17). The van der Waals surface area contributed by atoms with Crippen LogP contribution >= 0.6 is 12.2 Å². The second-order valence-electron chi connectivity index (χ2n) is 3.82. The van der Waals surface area contributed by atoms with E-state index in [1.165, 1.54) is 0 Å². The van der Waals surface area contributed by atoms with Gasteiger partial charge in [0, 0.05) is 0 Å². The summed E-state index contributed by atoms with van der Waals surface area (Å²) in [5.74, 6) is 1.14. The molecule has 3 nitrogen and oxygen atoms in total. The van der Waals surface area contributed by atoms with E-state index in [1.807, 2.05) is 24.3 Å². The Bertz CT molecular complexity index is 533. The van der Waals surface area contributed by atoms with Crippen molar-refractivity contribution < 1.29 is 9.15 Å². The quantitative estimate of drug-likeness (QED) is 0.652. The number of ether oxygens (including phenoxy) is 1. The smallest absolute Gasteiger partial charge is 0.204 e. The van der Waals surface area contributed by atoms with Crippen LogP contribution in [0.3, 0.4) is 0 Å². The zero-order chi connectivity index (χ0) is 12.3. The van der Waals surface area contributed by atoms with Gasteiger partial charge in [0.05, 0.1) is 12.0 Å². The molecule has 0 amide bonds. The van der Waals surface area contributed by atoms with Crippen LogP contribution in [0.25, 0.3) is 11.0 Å². The van der Waals surface area contributed by atoms with Gasteiger partial charge < -0.3 is 14.9 Å². The number of para-hydroxylation sites is 1. The SMILES string of the molecule is CCCCOc1c(C(N)=S)oc2ccccc12. The van der Waals surface area contributed by atoms with E-state index >= 15 is 0 Å². The minimum absolute atomic E-state index is 0.229. The molecule has 0 saturated carbocycles. The molecule has 0 radical (unpaired) electrons. The highest BCUT2D eigenvalue weighted by Crippen LogP contribution is 2.33. The predicted octanol–water partition coefficient (Wildman–Crippen LogP) is 3.25. The van der Waals surface area contributed by atoms with E-state index in [0.29, 0.717) is 18.1 Å². The first kappa shape index (κ1) is 11.9. The molecule has 2 aromatic rings. The molecule has 0 spiro atoms. The van der Waals surface area contributed by atoms with Gasteiger partial charge in [0.25, 0.3) is 0 Å². The summed E-state index contributed by atoms with van der Waals surface area (Å²) in [6.45, 7) is 2.76. The molecule has 1 heterocycles. The van der Waals surface area contributed by atoms with E-state index in [9.17, 15) is 0 Å². The number of nitrogens with two attached hydrogens (primary N) is 1. The van der Waals surface area contributed by atoms with Crippen LogP contribution in [-0.4, -0.2) is 11.6 Å². The topological polar surface area (TPSA) is 48.4 Å². The molecule has 0 aliphatic carbocycles. The van der Waals surface area contributed by atoms with Crippen molar-refractivity contribution in [3.8, 4) is 5.75 Å². The molecule has 0 unspecified atom stereocenters. The van der Waals surface area contributed by atoms with Crippen molar-refractivity contribution in [2.24, 2.45) is 5.73 Å². The molecule has 0 bridgehead atoms. The van der Waals surface area contributed by atoms with Crippen molar-refractivity contribution in [3.63, 3.8) is 0 Å². The van der Waals surface area contributed by atoms with Gasteiger partial charge in [-0.2, -0.15) is 0 Å². The number of hydrogen-bond acceptors (Lipinski definition) is 3. The van der Waals surface area contributed by atoms with Crippen LogP contribution < -0.4 is 10.5 Å². The first-order valence-electron chi connectivity index (χ1n) is 5.68. The summed E-state index contributed by atoms with van der Waals surface area (Å²) in [7, 11) is 0. The van der Waals surface area contributed by atoms with Crippen molar-refractivity contribution >= 4 is 28.2 Å². The molecule has 0 aliphatic rings. The molecule has 1 aromatic carbocycles. The van der Waals surface area contributed by atoms with Crippen LogP contribution in [0.4, 0.5) is 0 Å². The molecule has 4 heteroatoms. The minimum Gasteiger partial charge on any atom is -0.489 e. The maximum Gasteiger partial charge on any atom is 0.204 e. The van der Waals surface area contributed by atoms with E-state index in [-0.39, 0.29) is 4.99 Å². The Kier molecular flexibility index (Phi) is 3.64. The molecule has 0 atom stereocenters. The van der Waals surface area contributed by atoms with Crippen LogP contribution in [0, 0.1) is 0 Å². The van der Waals surface area contributed by atoms with Gasteiger partial charge in [-0.25, -0.2) is 0 Å². The number of thiocarbonyl (C=S) groups is 1. The van der Waals surface area contributed by atoms with Gasteiger partial charge in [-0.15, -0.1) is 0 Å². The molecule has 2 N–H and O–H groups in total. The van der Waals surface area contributed by atoms with E-state index in [0.717, 1.165) is 23.8 Å². The van der Waals surface area contributed by atoms with Crippen LogP contribution in [0.2, 0.25) is 0 Å². The first-order chi connectivity index (χ1) is 8.24. The molecule has 0 aliphatic heterocycles. The third-order valence-electron chi connectivity index (χ3n) is 2.52. The fraction of sp³-hybridized carbons (Fsp3) is 0.308. The van der Waals surface area contributed by atoms with E-state index in [2.05, 4.69) is 6.92 Å². The summed E-state index contributed by atoms with van der Waals surface area (Å²) in [4.78, 5) is 0.229. The molecular formula is C13H15NO2S. The van der Waals surface area contributed by atoms with Gasteiger partial charge in [0.1, 0.15) is 10.6 Å². The largest absolute Gasteiger partial charge is 0.489 e. The summed E-state index contributed by atoms with van der Waals surface area (Å²) < 4.78 is 11.3. The number of unbranched alkanes of at least 4 members (excludes halogenated alkanes) is 1. The van der Waals surface area contributed by atoms with Crippen molar-refractivity contribution in [3.05, 3.63) is 30.0 Å². The zero-order valence-electron chi connectivity index (χ0n) is 9.73. The third kappa shape index (κ3) is 2.42. The number of rotatable bonds is 5. The number of furan rings is 1.